The van der Waals surface area contributed by atoms with Crippen LogP contribution in [-0.4, -0.2) is 52.1 Å². The highest BCUT2D eigenvalue weighted by molar-refractivity contribution is 6.02. The molecule has 0 fully saturated rings. The van der Waals surface area contributed by atoms with Gasteiger partial charge in [-0.3, -0.25) is 9.59 Å². The molecule has 27 heavy (non-hydrogen) atoms. The monoisotopic (exact) mass is 368 g/mol. The van der Waals surface area contributed by atoms with Gasteiger partial charge >= 0.3 is 11.9 Å². The van der Waals surface area contributed by atoms with Gasteiger partial charge in [0.2, 0.25) is 0 Å². The van der Waals surface area contributed by atoms with Gasteiger partial charge in [0.15, 0.2) is 0 Å². The molecule has 7 nitrogen and oxygen atoms in total. The van der Waals surface area contributed by atoms with Crippen molar-refractivity contribution in [3.63, 3.8) is 0 Å². The summed E-state index contributed by atoms with van der Waals surface area (Å²) in [6.07, 6.45) is 0.473. The van der Waals surface area contributed by atoms with Gasteiger partial charge in [-0.2, -0.15) is 0 Å². The van der Waals surface area contributed by atoms with E-state index in [1.165, 1.54) is 18.2 Å². The van der Waals surface area contributed by atoms with Gasteiger partial charge in [-0.1, -0.05) is 30.3 Å². The highest BCUT2D eigenvalue weighted by Crippen LogP contribution is 2.25. The highest BCUT2D eigenvalue weighted by atomic mass is 16.4. The van der Waals surface area contributed by atoms with Crippen molar-refractivity contribution in [3.8, 4) is 0 Å². The van der Waals surface area contributed by atoms with Gasteiger partial charge in [-0.25, -0.2) is 4.79 Å². The fourth-order valence-corrected chi connectivity index (χ4v) is 3.20. The molecule has 1 heterocycles. The van der Waals surface area contributed by atoms with Gasteiger partial charge in [0.05, 0.1) is 23.6 Å². The lowest BCUT2D eigenvalue weighted by atomic mass is 10.1. The summed E-state index contributed by atoms with van der Waals surface area (Å²) < 4.78 is 0. The molecule has 0 aromatic heterocycles. The second-order valence-corrected chi connectivity index (χ2v) is 6.49. The van der Waals surface area contributed by atoms with Crippen LogP contribution in [0.2, 0.25) is 0 Å². The van der Waals surface area contributed by atoms with E-state index in [9.17, 15) is 24.6 Å². The highest BCUT2D eigenvalue weighted by Gasteiger charge is 2.29. The van der Waals surface area contributed by atoms with Crippen molar-refractivity contribution in [1.29, 1.82) is 0 Å². The predicted molar refractivity (Wildman–Crippen MR) is 99.1 cm³/mol. The van der Waals surface area contributed by atoms with E-state index >= 15 is 0 Å². The zero-order valence-corrected chi connectivity index (χ0v) is 14.6. The summed E-state index contributed by atoms with van der Waals surface area (Å²) in [5, 5.41) is 21.4. The third-order valence-corrected chi connectivity index (χ3v) is 4.52. The van der Waals surface area contributed by atoms with Crippen molar-refractivity contribution in [2.45, 2.75) is 18.9 Å². The molecule has 2 aromatic rings. The Morgan fingerprint density at radius 1 is 1.11 bits per heavy atom. The average Bonchev–Trinajstić information content (AvgIpc) is 2.76. The minimum atomic E-state index is -1.10. The van der Waals surface area contributed by atoms with Crippen molar-refractivity contribution in [1.82, 2.24) is 4.90 Å². The number of hydrogen-bond donors (Lipinski definition) is 3. The number of carbonyl (C=O) groups excluding carboxylic acids is 1. The lowest BCUT2D eigenvalue weighted by Gasteiger charge is -2.24. The number of rotatable bonds is 6. The van der Waals surface area contributed by atoms with Crippen LogP contribution < -0.4 is 5.32 Å². The molecule has 0 bridgehead atoms. The Morgan fingerprint density at radius 2 is 1.85 bits per heavy atom. The SMILES string of the molecule is O=C(O)C[C@@H]1CN(CCc2ccccc2)C(=O)c2ccc(C(=O)O)cc2N1. The molecular weight excluding hydrogens is 348 g/mol. The number of benzene rings is 2. The molecule has 2 aromatic carbocycles. The predicted octanol–water partition coefficient (Wildman–Crippen LogP) is 2.34. The molecule has 140 valence electrons. The van der Waals surface area contributed by atoms with E-state index in [0.717, 1.165) is 5.56 Å². The van der Waals surface area contributed by atoms with Gasteiger partial charge in [-0.15, -0.1) is 0 Å². The second kappa shape index (κ2) is 7.90. The van der Waals surface area contributed by atoms with Crippen molar-refractivity contribution in [3.05, 3.63) is 65.2 Å². The van der Waals surface area contributed by atoms with E-state index in [1.807, 2.05) is 30.3 Å². The number of nitrogens with one attached hydrogen (secondary N) is 1. The first-order chi connectivity index (χ1) is 12.9. The zero-order chi connectivity index (χ0) is 19.4. The molecular formula is C20H20N2O5. The van der Waals surface area contributed by atoms with Gasteiger partial charge in [0.25, 0.3) is 5.91 Å². The smallest absolute Gasteiger partial charge is 0.335 e. The van der Waals surface area contributed by atoms with Gasteiger partial charge < -0.3 is 20.4 Å². The van der Waals surface area contributed by atoms with Crippen LogP contribution >= 0.6 is 0 Å². The zero-order valence-electron chi connectivity index (χ0n) is 14.6. The largest absolute Gasteiger partial charge is 0.481 e. The van der Waals surface area contributed by atoms with Crippen LogP contribution in [0, 0.1) is 0 Å². The summed E-state index contributed by atoms with van der Waals surface area (Å²) in [5.74, 6) is -2.33. The molecule has 7 heteroatoms. The summed E-state index contributed by atoms with van der Waals surface area (Å²) in [4.78, 5) is 37.0. The maximum Gasteiger partial charge on any atom is 0.335 e. The summed E-state index contributed by atoms with van der Waals surface area (Å²) >= 11 is 0. The van der Waals surface area contributed by atoms with Crippen LogP contribution in [0.25, 0.3) is 0 Å². The van der Waals surface area contributed by atoms with Crippen LogP contribution in [0.3, 0.4) is 0 Å². The molecule has 0 saturated heterocycles. The summed E-state index contributed by atoms with van der Waals surface area (Å²) in [5.41, 5.74) is 1.83. The van der Waals surface area contributed by atoms with Crippen molar-refractivity contribution in [2.75, 3.05) is 18.4 Å². The summed E-state index contributed by atoms with van der Waals surface area (Å²) in [6.45, 7) is 0.676. The van der Waals surface area contributed by atoms with E-state index in [-0.39, 0.29) is 24.4 Å². The Hall–Kier alpha value is -3.35. The Balaban J connectivity index is 1.88. The van der Waals surface area contributed by atoms with Gasteiger partial charge in [0.1, 0.15) is 0 Å². The van der Waals surface area contributed by atoms with Crippen molar-refractivity contribution in [2.24, 2.45) is 0 Å². The molecule has 3 N–H and O–H groups in total. The Bertz CT molecular complexity index is 866. The molecule has 0 unspecified atom stereocenters. The molecule has 1 amide bonds. The molecule has 1 atom stereocenters. The molecule has 0 radical (unpaired) electrons. The molecule has 1 aliphatic heterocycles. The van der Waals surface area contributed by atoms with E-state index < -0.39 is 18.0 Å². The summed E-state index contributed by atoms with van der Waals surface area (Å²) in [6, 6.07) is 13.5. The minimum absolute atomic E-state index is 0.0425. The lowest BCUT2D eigenvalue weighted by molar-refractivity contribution is -0.137. The standard InChI is InChI=1S/C20H20N2O5/c23-18(24)11-15-12-22(9-8-13-4-2-1-3-5-13)19(25)16-7-6-14(20(26)27)10-17(16)21-15/h1-7,10,15,21H,8-9,11-12H2,(H,23,24)(H,26,27)/t15-/m1/s1. The fourth-order valence-electron chi connectivity index (χ4n) is 3.20. The van der Waals surface area contributed by atoms with E-state index in [0.29, 0.717) is 24.2 Å². The van der Waals surface area contributed by atoms with E-state index in [2.05, 4.69) is 5.32 Å². The first kappa shape index (κ1) is 18.4. The van der Waals surface area contributed by atoms with Gasteiger partial charge in [-0.05, 0) is 30.2 Å². The number of anilines is 1. The number of amides is 1. The molecule has 0 aliphatic carbocycles. The first-order valence-corrected chi connectivity index (χ1v) is 8.63. The third kappa shape index (κ3) is 4.44. The number of carboxylic acids is 2. The van der Waals surface area contributed by atoms with E-state index in [1.54, 1.807) is 4.90 Å². The van der Waals surface area contributed by atoms with Crippen molar-refractivity contribution < 1.29 is 24.6 Å². The number of hydrogen-bond acceptors (Lipinski definition) is 4. The van der Waals surface area contributed by atoms with Gasteiger partial charge in [0, 0.05) is 18.8 Å². The minimum Gasteiger partial charge on any atom is -0.481 e. The van der Waals surface area contributed by atoms with Crippen molar-refractivity contribution >= 4 is 23.5 Å². The van der Waals surface area contributed by atoms with Crippen LogP contribution in [-0.2, 0) is 11.2 Å². The summed E-state index contributed by atoms with van der Waals surface area (Å²) in [7, 11) is 0. The van der Waals surface area contributed by atoms with Crippen LogP contribution in [0.4, 0.5) is 5.69 Å². The molecule has 0 saturated carbocycles. The fraction of sp³-hybridized carbons (Fsp3) is 0.250. The lowest BCUT2D eigenvalue weighted by Crippen LogP contribution is -2.39. The molecule has 3 rings (SSSR count). The number of fused-ring (bicyclic) bond motifs is 1. The Kier molecular flexibility index (Phi) is 5.40. The number of carboxylic acid groups (broad SMARTS) is 2. The number of aliphatic carboxylic acids is 1. The first-order valence-electron chi connectivity index (χ1n) is 8.63. The number of aromatic carboxylic acids is 1. The second-order valence-electron chi connectivity index (χ2n) is 6.49. The Morgan fingerprint density at radius 3 is 2.52 bits per heavy atom. The maximum absolute atomic E-state index is 13.0. The van der Waals surface area contributed by atoms with E-state index in [4.69, 9.17) is 0 Å². The molecule has 0 spiro atoms. The average molecular weight is 368 g/mol. The normalized spacial score (nSPS) is 16.2. The maximum atomic E-state index is 13.0. The number of carbonyl (C=O) groups is 3. The third-order valence-electron chi connectivity index (χ3n) is 4.52. The van der Waals surface area contributed by atoms with Crippen LogP contribution in [0.5, 0.6) is 0 Å². The van der Waals surface area contributed by atoms with Crippen LogP contribution in [0.1, 0.15) is 32.7 Å². The topological polar surface area (TPSA) is 107 Å². The quantitative estimate of drug-likeness (QED) is 0.722. The van der Waals surface area contributed by atoms with Crippen LogP contribution in [0.15, 0.2) is 48.5 Å². The molecule has 1 aliphatic rings. The number of nitrogens with zero attached hydrogens (tertiary/aromatic N) is 1. The Labute approximate surface area is 156 Å².